The maximum Gasteiger partial charge on any atom is 0.325 e. The van der Waals surface area contributed by atoms with E-state index in [2.05, 4.69) is 4.74 Å². The van der Waals surface area contributed by atoms with Gasteiger partial charge in [0.25, 0.3) is 0 Å². The van der Waals surface area contributed by atoms with Crippen molar-refractivity contribution in [2.45, 2.75) is 38.1 Å². The van der Waals surface area contributed by atoms with Crippen molar-refractivity contribution in [2.75, 3.05) is 13.7 Å². The van der Waals surface area contributed by atoms with Crippen molar-refractivity contribution in [2.24, 2.45) is 17.6 Å². The number of fused-ring (bicyclic) bond motifs is 1. The standard InChI is InChI=1S/C13H20N2O4/c1-13(14,12(18)19-2)5-3-4-6-15-10(16)8-7-9(8)11(15)17/h8-9H,3-7,14H2,1-2H3. The molecule has 1 saturated heterocycles. The molecule has 3 atom stereocenters. The fraction of sp³-hybridized carbons (Fsp3) is 0.769. The van der Waals surface area contributed by atoms with Gasteiger partial charge < -0.3 is 10.5 Å². The van der Waals surface area contributed by atoms with E-state index in [9.17, 15) is 14.4 Å². The third kappa shape index (κ3) is 2.63. The number of likely N-dealkylation sites (tertiary alicyclic amines) is 1. The summed E-state index contributed by atoms with van der Waals surface area (Å²) in [6.45, 7) is 2.06. The van der Waals surface area contributed by atoms with Crippen molar-refractivity contribution in [1.82, 2.24) is 4.90 Å². The summed E-state index contributed by atoms with van der Waals surface area (Å²) in [5.41, 5.74) is 4.82. The highest BCUT2D eigenvalue weighted by molar-refractivity contribution is 6.08. The number of carbonyl (C=O) groups excluding carboxylic acids is 3. The molecule has 1 aliphatic carbocycles. The number of unbranched alkanes of at least 4 members (excludes halogenated alkanes) is 1. The van der Waals surface area contributed by atoms with Crippen molar-refractivity contribution in [3.63, 3.8) is 0 Å². The van der Waals surface area contributed by atoms with E-state index in [0.717, 1.165) is 6.42 Å². The Kier molecular flexibility index (Phi) is 3.62. The van der Waals surface area contributed by atoms with Crippen LogP contribution in [0.25, 0.3) is 0 Å². The number of rotatable bonds is 6. The van der Waals surface area contributed by atoms with Crippen molar-refractivity contribution in [3.8, 4) is 0 Å². The third-order valence-electron chi connectivity index (χ3n) is 3.94. The molecule has 106 valence electrons. The lowest BCUT2D eigenvalue weighted by atomic mass is 9.96. The molecule has 1 aliphatic heterocycles. The van der Waals surface area contributed by atoms with Gasteiger partial charge in [-0.2, -0.15) is 0 Å². The lowest BCUT2D eigenvalue weighted by Gasteiger charge is -2.22. The summed E-state index contributed by atoms with van der Waals surface area (Å²) in [6.07, 6.45) is 2.55. The zero-order valence-electron chi connectivity index (χ0n) is 11.3. The van der Waals surface area contributed by atoms with E-state index in [0.29, 0.717) is 25.8 Å². The number of carbonyl (C=O) groups is 3. The van der Waals surface area contributed by atoms with Crippen LogP contribution in [0.3, 0.4) is 0 Å². The minimum atomic E-state index is -1.00. The summed E-state index contributed by atoms with van der Waals surface area (Å²) >= 11 is 0. The normalized spacial score (nSPS) is 28.1. The molecule has 0 aromatic heterocycles. The molecule has 0 aromatic rings. The number of esters is 1. The first-order chi connectivity index (χ1) is 8.88. The SMILES string of the molecule is COC(=O)C(C)(N)CCCCN1C(=O)C2CC2C1=O. The van der Waals surface area contributed by atoms with Crippen LogP contribution in [0.5, 0.6) is 0 Å². The van der Waals surface area contributed by atoms with Gasteiger partial charge in [-0.15, -0.1) is 0 Å². The number of nitrogens with zero attached hydrogens (tertiary/aromatic N) is 1. The molecule has 0 radical (unpaired) electrons. The highest BCUT2D eigenvalue weighted by Crippen LogP contribution is 2.46. The predicted octanol–water partition coefficient (Wildman–Crippen LogP) is 0.0520. The van der Waals surface area contributed by atoms with Crippen molar-refractivity contribution in [3.05, 3.63) is 0 Å². The summed E-state index contributed by atoms with van der Waals surface area (Å²) in [6, 6.07) is 0. The van der Waals surface area contributed by atoms with Crippen LogP contribution in [0.1, 0.15) is 32.6 Å². The Bertz CT molecular complexity index is 399. The first-order valence-corrected chi connectivity index (χ1v) is 6.61. The van der Waals surface area contributed by atoms with Gasteiger partial charge in [0.15, 0.2) is 0 Å². The average molecular weight is 268 g/mol. The van der Waals surface area contributed by atoms with E-state index in [-0.39, 0.29) is 23.7 Å². The van der Waals surface area contributed by atoms with Crippen LogP contribution in [-0.4, -0.2) is 41.9 Å². The quantitative estimate of drug-likeness (QED) is 0.418. The van der Waals surface area contributed by atoms with E-state index in [1.54, 1.807) is 6.92 Å². The molecule has 6 nitrogen and oxygen atoms in total. The number of nitrogens with two attached hydrogens (primary N) is 1. The molecule has 6 heteroatoms. The monoisotopic (exact) mass is 268 g/mol. The van der Waals surface area contributed by atoms with Crippen LogP contribution in [0.2, 0.25) is 0 Å². The molecule has 2 N–H and O–H groups in total. The number of ether oxygens (including phenoxy) is 1. The highest BCUT2D eigenvalue weighted by atomic mass is 16.5. The Hall–Kier alpha value is -1.43. The van der Waals surface area contributed by atoms with Gasteiger partial charge in [0.2, 0.25) is 11.8 Å². The zero-order valence-corrected chi connectivity index (χ0v) is 11.3. The van der Waals surface area contributed by atoms with Gasteiger partial charge in [-0.05, 0) is 32.6 Å². The zero-order chi connectivity index (χ0) is 14.2. The second-order valence-corrected chi connectivity index (χ2v) is 5.64. The summed E-state index contributed by atoms with van der Waals surface area (Å²) in [4.78, 5) is 36.1. The number of methoxy groups -OCH3 is 1. The molecule has 0 spiro atoms. The number of hydrogen-bond acceptors (Lipinski definition) is 5. The molecular formula is C13H20N2O4. The molecule has 19 heavy (non-hydrogen) atoms. The van der Waals surface area contributed by atoms with Crippen LogP contribution in [0.15, 0.2) is 0 Å². The van der Waals surface area contributed by atoms with Crippen molar-refractivity contribution in [1.29, 1.82) is 0 Å². The summed E-state index contributed by atoms with van der Waals surface area (Å²) in [5, 5.41) is 0. The van der Waals surface area contributed by atoms with Gasteiger partial charge in [0, 0.05) is 6.54 Å². The lowest BCUT2D eigenvalue weighted by molar-refractivity contribution is -0.147. The maximum atomic E-state index is 11.7. The van der Waals surface area contributed by atoms with Gasteiger partial charge in [0.1, 0.15) is 5.54 Å². The highest BCUT2D eigenvalue weighted by Gasteiger charge is 2.58. The van der Waals surface area contributed by atoms with E-state index in [4.69, 9.17) is 5.73 Å². The van der Waals surface area contributed by atoms with E-state index in [1.165, 1.54) is 12.0 Å². The molecule has 2 fully saturated rings. The Morgan fingerprint density at radius 1 is 1.37 bits per heavy atom. The molecule has 0 bridgehead atoms. The van der Waals surface area contributed by atoms with Crippen LogP contribution < -0.4 is 5.73 Å². The molecule has 2 amide bonds. The van der Waals surface area contributed by atoms with Gasteiger partial charge in [-0.25, -0.2) is 0 Å². The van der Waals surface area contributed by atoms with Gasteiger partial charge in [-0.1, -0.05) is 0 Å². The molecule has 1 saturated carbocycles. The van der Waals surface area contributed by atoms with E-state index < -0.39 is 11.5 Å². The maximum absolute atomic E-state index is 11.7. The minimum absolute atomic E-state index is 0.0292. The van der Waals surface area contributed by atoms with E-state index in [1.807, 2.05) is 0 Å². The third-order valence-corrected chi connectivity index (χ3v) is 3.94. The second kappa shape index (κ2) is 4.92. The Morgan fingerprint density at radius 2 is 1.95 bits per heavy atom. The summed E-state index contributed by atoms with van der Waals surface area (Å²) in [7, 11) is 1.31. The lowest BCUT2D eigenvalue weighted by Crippen LogP contribution is -2.45. The predicted molar refractivity (Wildman–Crippen MR) is 66.8 cm³/mol. The fourth-order valence-corrected chi connectivity index (χ4v) is 2.57. The van der Waals surface area contributed by atoms with Gasteiger partial charge >= 0.3 is 5.97 Å². The van der Waals surface area contributed by atoms with Gasteiger partial charge in [0.05, 0.1) is 18.9 Å². The number of imide groups is 1. The van der Waals surface area contributed by atoms with Crippen LogP contribution in [-0.2, 0) is 19.1 Å². The van der Waals surface area contributed by atoms with Crippen LogP contribution in [0.4, 0.5) is 0 Å². The van der Waals surface area contributed by atoms with Gasteiger partial charge in [-0.3, -0.25) is 19.3 Å². The second-order valence-electron chi connectivity index (χ2n) is 5.64. The Morgan fingerprint density at radius 3 is 2.47 bits per heavy atom. The summed E-state index contributed by atoms with van der Waals surface area (Å²) < 4.78 is 4.62. The van der Waals surface area contributed by atoms with Crippen molar-refractivity contribution < 1.29 is 19.1 Å². The molecular weight excluding hydrogens is 248 g/mol. The summed E-state index contributed by atoms with van der Waals surface area (Å²) in [5.74, 6) is -0.580. The average Bonchev–Trinajstić information content (AvgIpc) is 3.12. The largest absolute Gasteiger partial charge is 0.468 e. The molecule has 0 aromatic carbocycles. The minimum Gasteiger partial charge on any atom is -0.468 e. The molecule has 3 unspecified atom stereocenters. The molecule has 2 aliphatic rings. The van der Waals surface area contributed by atoms with Crippen molar-refractivity contribution >= 4 is 17.8 Å². The first kappa shape index (κ1) is 14.0. The fourth-order valence-electron chi connectivity index (χ4n) is 2.57. The molecule has 1 heterocycles. The van der Waals surface area contributed by atoms with Crippen LogP contribution >= 0.6 is 0 Å². The number of hydrogen-bond donors (Lipinski definition) is 1. The Labute approximate surface area is 112 Å². The number of amides is 2. The van der Waals surface area contributed by atoms with Crippen LogP contribution in [0, 0.1) is 11.8 Å². The molecule has 2 rings (SSSR count). The van der Waals surface area contributed by atoms with E-state index >= 15 is 0 Å². The first-order valence-electron chi connectivity index (χ1n) is 6.61. The smallest absolute Gasteiger partial charge is 0.325 e. The Balaban J connectivity index is 1.72. The topological polar surface area (TPSA) is 89.7 Å². The number of piperidine rings is 1.